The van der Waals surface area contributed by atoms with Crippen molar-refractivity contribution >= 4 is 27.3 Å². The van der Waals surface area contributed by atoms with E-state index in [0.29, 0.717) is 0 Å². The number of fused-ring (bicyclic) bond motifs is 3. The molecule has 0 aromatic heterocycles. The zero-order valence-electron chi connectivity index (χ0n) is 16.5. The molecule has 2 heteroatoms. The van der Waals surface area contributed by atoms with Gasteiger partial charge in [0.1, 0.15) is 0 Å². The van der Waals surface area contributed by atoms with Gasteiger partial charge >= 0.3 is 0 Å². The lowest BCUT2D eigenvalue weighted by molar-refractivity contribution is 0.657. The molecule has 29 heavy (non-hydrogen) atoms. The lowest BCUT2D eigenvalue weighted by atomic mass is 9.82. The normalized spacial score (nSPS) is 13.6. The van der Waals surface area contributed by atoms with Crippen LogP contribution in [0.1, 0.15) is 25.0 Å². The molecular weight excluding hydrogens is 418 g/mol. The van der Waals surface area contributed by atoms with Gasteiger partial charge in [-0.3, -0.25) is 0 Å². The first-order valence-corrected chi connectivity index (χ1v) is 10.7. The quantitative estimate of drug-likeness (QED) is 0.339. The summed E-state index contributed by atoms with van der Waals surface area (Å²) in [5.41, 5.74) is 10.0. The molecule has 0 aliphatic heterocycles. The van der Waals surface area contributed by atoms with Gasteiger partial charge in [-0.1, -0.05) is 96.5 Å². The second-order valence-corrected chi connectivity index (χ2v) is 8.94. The second kappa shape index (κ2) is 6.89. The monoisotopic (exact) mass is 439 g/mol. The van der Waals surface area contributed by atoms with E-state index in [1.165, 1.54) is 37.9 Å². The molecule has 4 aromatic carbocycles. The minimum Gasteiger partial charge on any atom is -0.355 e. The molecule has 0 bridgehead atoms. The van der Waals surface area contributed by atoms with Gasteiger partial charge in [0.25, 0.3) is 0 Å². The lowest BCUT2D eigenvalue weighted by Gasteiger charge is -2.23. The first-order chi connectivity index (χ1) is 14.1. The average Bonchev–Trinajstić information content (AvgIpc) is 3.00. The van der Waals surface area contributed by atoms with Crippen LogP contribution < -0.4 is 5.32 Å². The predicted molar refractivity (Wildman–Crippen MR) is 127 cm³/mol. The Bertz CT molecular complexity index is 1190. The van der Waals surface area contributed by atoms with Gasteiger partial charge in [-0.25, -0.2) is 0 Å². The maximum absolute atomic E-state index is 3.81. The summed E-state index contributed by atoms with van der Waals surface area (Å²) in [5, 5.41) is 3.67. The molecule has 4 aromatic rings. The van der Waals surface area contributed by atoms with Gasteiger partial charge in [0.15, 0.2) is 0 Å². The van der Waals surface area contributed by atoms with Crippen LogP contribution in [0.3, 0.4) is 0 Å². The fourth-order valence-corrected chi connectivity index (χ4v) is 5.31. The van der Waals surface area contributed by atoms with Crippen LogP contribution in [0.4, 0.5) is 11.4 Å². The van der Waals surface area contributed by atoms with Crippen LogP contribution in [0.15, 0.2) is 95.5 Å². The van der Waals surface area contributed by atoms with E-state index in [-0.39, 0.29) is 5.41 Å². The van der Waals surface area contributed by atoms with E-state index in [2.05, 4.69) is 120 Å². The first kappa shape index (κ1) is 18.2. The van der Waals surface area contributed by atoms with E-state index in [9.17, 15) is 0 Å². The molecule has 0 radical (unpaired) electrons. The number of hydrogen-bond acceptors (Lipinski definition) is 1. The van der Waals surface area contributed by atoms with E-state index >= 15 is 0 Å². The van der Waals surface area contributed by atoms with Gasteiger partial charge in [-0.15, -0.1) is 0 Å². The number of nitrogens with one attached hydrogen (secondary N) is 1. The lowest BCUT2D eigenvalue weighted by Crippen LogP contribution is -2.15. The molecule has 0 atom stereocenters. The van der Waals surface area contributed by atoms with Crippen molar-refractivity contribution in [1.82, 2.24) is 0 Å². The number of halogens is 1. The molecule has 1 aliphatic rings. The minimum atomic E-state index is -0.0282. The number of anilines is 2. The Labute approximate surface area is 180 Å². The minimum absolute atomic E-state index is 0.0282. The topological polar surface area (TPSA) is 12.0 Å². The molecule has 0 fully saturated rings. The molecule has 0 spiro atoms. The fourth-order valence-electron chi connectivity index (χ4n) is 4.49. The van der Waals surface area contributed by atoms with Gasteiger partial charge in [0, 0.05) is 26.8 Å². The summed E-state index contributed by atoms with van der Waals surface area (Å²) in [6.07, 6.45) is 0. The Morgan fingerprint density at radius 3 is 2.10 bits per heavy atom. The van der Waals surface area contributed by atoms with E-state index in [4.69, 9.17) is 0 Å². The van der Waals surface area contributed by atoms with Gasteiger partial charge in [0.2, 0.25) is 0 Å². The molecule has 142 valence electrons. The smallest absolute Gasteiger partial charge is 0.0467 e. The third-order valence-electron chi connectivity index (χ3n) is 5.92. The van der Waals surface area contributed by atoms with E-state index in [0.717, 1.165) is 11.4 Å². The Kier molecular flexibility index (Phi) is 4.33. The largest absolute Gasteiger partial charge is 0.355 e. The van der Waals surface area contributed by atoms with Crippen LogP contribution in [0, 0.1) is 0 Å². The molecule has 0 amide bonds. The first-order valence-electron chi connectivity index (χ1n) is 9.91. The Balaban J connectivity index is 1.56. The molecule has 1 aliphatic carbocycles. The zero-order chi connectivity index (χ0) is 20.0. The van der Waals surface area contributed by atoms with Crippen molar-refractivity contribution in [3.63, 3.8) is 0 Å². The predicted octanol–water partition coefficient (Wildman–Crippen LogP) is 8.17. The Morgan fingerprint density at radius 2 is 1.34 bits per heavy atom. The molecule has 0 saturated carbocycles. The number of hydrogen-bond donors (Lipinski definition) is 1. The van der Waals surface area contributed by atoms with Gasteiger partial charge < -0.3 is 5.32 Å². The Morgan fingerprint density at radius 1 is 0.690 bits per heavy atom. The molecule has 5 rings (SSSR count). The van der Waals surface area contributed by atoms with E-state index < -0.39 is 0 Å². The summed E-state index contributed by atoms with van der Waals surface area (Å²) >= 11 is 3.81. The summed E-state index contributed by atoms with van der Waals surface area (Å²) in [5.74, 6) is 0. The SMILES string of the molecule is CC1(C)c2ccccc2-c2c(Nc3ccc(-c4ccccc4)cc3)ccc(Br)c21. The zero-order valence-corrected chi connectivity index (χ0v) is 18.1. The molecule has 1 nitrogen and oxygen atoms in total. The second-order valence-electron chi connectivity index (χ2n) is 8.08. The molecule has 0 unspecified atom stereocenters. The van der Waals surface area contributed by atoms with Crippen molar-refractivity contribution in [2.45, 2.75) is 19.3 Å². The van der Waals surface area contributed by atoms with Gasteiger partial charge in [-0.05, 0) is 52.1 Å². The van der Waals surface area contributed by atoms with Crippen molar-refractivity contribution in [1.29, 1.82) is 0 Å². The molecule has 0 heterocycles. The Hall–Kier alpha value is -2.84. The summed E-state index contributed by atoms with van der Waals surface area (Å²) in [4.78, 5) is 0. The van der Waals surface area contributed by atoms with Gasteiger partial charge in [0.05, 0.1) is 0 Å². The van der Waals surface area contributed by atoms with Crippen molar-refractivity contribution in [3.05, 3.63) is 107 Å². The van der Waals surface area contributed by atoms with E-state index in [1.807, 2.05) is 6.07 Å². The van der Waals surface area contributed by atoms with Gasteiger partial charge in [-0.2, -0.15) is 0 Å². The van der Waals surface area contributed by atoms with Crippen LogP contribution in [0.25, 0.3) is 22.3 Å². The summed E-state index contributed by atoms with van der Waals surface area (Å²) < 4.78 is 1.17. The van der Waals surface area contributed by atoms with Crippen molar-refractivity contribution in [2.24, 2.45) is 0 Å². The van der Waals surface area contributed by atoms with Crippen molar-refractivity contribution in [2.75, 3.05) is 5.32 Å². The van der Waals surface area contributed by atoms with Crippen LogP contribution in [-0.2, 0) is 5.41 Å². The average molecular weight is 440 g/mol. The number of rotatable bonds is 3. The highest BCUT2D eigenvalue weighted by Crippen LogP contribution is 2.54. The van der Waals surface area contributed by atoms with Crippen molar-refractivity contribution in [3.8, 4) is 22.3 Å². The summed E-state index contributed by atoms with van der Waals surface area (Å²) in [6.45, 7) is 4.61. The highest BCUT2D eigenvalue weighted by atomic mass is 79.9. The fraction of sp³-hybridized carbons (Fsp3) is 0.111. The third kappa shape index (κ3) is 2.99. The highest BCUT2D eigenvalue weighted by Gasteiger charge is 2.38. The van der Waals surface area contributed by atoms with Crippen LogP contribution in [0.2, 0.25) is 0 Å². The van der Waals surface area contributed by atoms with E-state index in [1.54, 1.807) is 0 Å². The third-order valence-corrected chi connectivity index (χ3v) is 6.58. The molecular formula is C27H22BrN. The summed E-state index contributed by atoms with van der Waals surface area (Å²) in [6, 6.07) is 32.2. The maximum atomic E-state index is 3.81. The molecule has 0 saturated heterocycles. The van der Waals surface area contributed by atoms with Crippen molar-refractivity contribution < 1.29 is 0 Å². The number of benzene rings is 4. The standard InChI is InChI=1S/C27H22BrN/c1-27(2)22-11-7-6-10-21(22)25-24(17-16-23(28)26(25)27)29-20-14-12-19(13-15-20)18-8-4-3-5-9-18/h3-17,29H,1-2H3. The van der Waals surface area contributed by atoms with Crippen LogP contribution in [-0.4, -0.2) is 0 Å². The van der Waals surface area contributed by atoms with Crippen LogP contribution >= 0.6 is 15.9 Å². The van der Waals surface area contributed by atoms with Crippen LogP contribution in [0.5, 0.6) is 0 Å². The highest BCUT2D eigenvalue weighted by molar-refractivity contribution is 9.10. The maximum Gasteiger partial charge on any atom is 0.0467 e. The summed E-state index contributed by atoms with van der Waals surface area (Å²) in [7, 11) is 0. The molecule has 1 N–H and O–H groups in total.